The van der Waals surface area contributed by atoms with Crippen LogP contribution in [0.2, 0.25) is 0 Å². The number of aromatic nitrogens is 2. The number of aryl methyl sites for hydroxylation is 1. The summed E-state index contributed by atoms with van der Waals surface area (Å²) >= 11 is 0. The first kappa shape index (κ1) is 17.9. The van der Waals surface area contributed by atoms with Crippen molar-refractivity contribution in [3.63, 3.8) is 0 Å². The van der Waals surface area contributed by atoms with Crippen molar-refractivity contribution < 1.29 is 13.9 Å². The first-order valence-corrected chi connectivity index (χ1v) is 9.94. The van der Waals surface area contributed by atoms with Crippen molar-refractivity contribution in [1.29, 1.82) is 0 Å². The predicted octanol–water partition coefficient (Wildman–Crippen LogP) is 4.82. The Hall–Kier alpha value is -3.15. The monoisotopic (exact) mass is 391 g/mol. The van der Waals surface area contributed by atoms with Gasteiger partial charge in [0.2, 0.25) is 0 Å². The highest BCUT2D eigenvalue weighted by molar-refractivity contribution is 6.09. The van der Waals surface area contributed by atoms with Gasteiger partial charge in [-0.1, -0.05) is 31.0 Å². The predicted molar refractivity (Wildman–Crippen MR) is 108 cm³/mol. The van der Waals surface area contributed by atoms with Crippen molar-refractivity contribution in [3.05, 3.63) is 71.8 Å². The minimum absolute atomic E-state index is 0.167. The third kappa shape index (κ3) is 2.90. The van der Waals surface area contributed by atoms with E-state index in [1.54, 1.807) is 47.2 Å². The molecule has 0 unspecified atom stereocenters. The van der Waals surface area contributed by atoms with Gasteiger partial charge < -0.3 is 9.64 Å². The largest absolute Gasteiger partial charge is 0.453 e. The molecule has 0 atom stereocenters. The molecule has 5 nitrogen and oxygen atoms in total. The number of hydrogen-bond donors (Lipinski definition) is 0. The van der Waals surface area contributed by atoms with E-state index in [4.69, 9.17) is 4.74 Å². The Morgan fingerprint density at radius 1 is 1.14 bits per heavy atom. The average molecular weight is 391 g/mol. The summed E-state index contributed by atoms with van der Waals surface area (Å²) in [5.74, 6) is 0.656. The molecule has 0 radical (unpaired) electrons. The van der Waals surface area contributed by atoms with Gasteiger partial charge in [0.15, 0.2) is 5.75 Å². The van der Waals surface area contributed by atoms with Crippen molar-refractivity contribution in [2.24, 2.45) is 7.05 Å². The molecule has 29 heavy (non-hydrogen) atoms. The smallest absolute Gasteiger partial charge is 0.262 e. The lowest BCUT2D eigenvalue weighted by atomic mass is 9.80. The molecule has 1 aliphatic heterocycles. The van der Waals surface area contributed by atoms with E-state index in [-0.39, 0.29) is 17.1 Å². The van der Waals surface area contributed by atoms with E-state index in [9.17, 15) is 9.18 Å². The summed E-state index contributed by atoms with van der Waals surface area (Å²) in [6.45, 7) is 0.517. The lowest BCUT2D eigenvalue weighted by Gasteiger charge is -2.25. The molecule has 1 amide bonds. The van der Waals surface area contributed by atoms with Crippen LogP contribution in [0.15, 0.2) is 54.9 Å². The highest BCUT2D eigenvalue weighted by Crippen LogP contribution is 2.51. The van der Waals surface area contributed by atoms with Crippen molar-refractivity contribution in [2.75, 3.05) is 11.4 Å². The number of ether oxygens (including phenoxy) is 1. The maximum atomic E-state index is 14.8. The van der Waals surface area contributed by atoms with Gasteiger partial charge in [0.05, 0.1) is 23.6 Å². The Morgan fingerprint density at radius 2 is 1.93 bits per heavy atom. The SMILES string of the molecule is Cn1cc(Oc2ccccc2C(=O)N2CC3(CCCC3)c3c(F)cccc32)cn1. The van der Waals surface area contributed by atoms with E-state index >= 15 is 0 Å². The van der Waals surface area contributed by atoms with Crippen LogP contribution >= 0.6 is 0 Å². The molecule has 1 fully saturated rings. The van der Waals surface area contributed by atoms with Crippen LogP contribution in [0.25, 0.3) is 0 Å². The second kappa shape index (κ2) is 6.72. The molecule has 5 rings (SSSR count). The van der Waals surface area contributed by atoms with Crippen molar-refractivity contribution >= 4 is 11.6 Å². The van der Waals surface area contributed by atoms with Crippen molar-refractivity contribution in [3.8, 4) is 11.5 Å². The number of fused-ring (bicyclic) bond motifs is 2. The molecule has 1 saturated carbocycles. The summed E-state index contributed by atoms with van der Waals surface area (Å²) < 4.78 is 22.4. The van der Waals surface area contributed by atoms with E-state index in [1.807, 2.05) is 18.2 Å². The van der Waals surface area contributed by atoms with Crippen LogP contribution < -0.4 is 9.64 Å². The molecular weight excluding hydrogens is 369 g/mol. The maximum Gasteiger partial charge on any atom is 0.262 e. The number of halogens is 1. The molecule has 0 bridgehead atoms. The lowest BCUT2D eigenvalue weighted by Crippen LogP contribution is -2.35. The molecule has 3 aromatic rings. The first-order chi connectivity index (χ1) is 14.1. The fourth-order valence-electron chi connectivity index (χ4n) is 4.83. The summed E-state index contributed by atoms with van der Waals surface area (Å²) in [5.41, 5.74) is 1.58. The van der Waals surface area contributed by atoms with Crippen molar-refractivity contribution in [2.45, 2.75) is 31.1 Å². The highest BCUT2D eigenvalue weighted by Gasteiger charge is 2.48. The van der Waals surface area contributed by atoms with Crippen LogP contribution in [0.3, 0.4) is 0 Å². The summed E-state index contributed by atoms with van der Waals surface area (Å²) in [5, 5.41) is 4.11. The van der Waals surface area contributed by atoms with E-state index < -0.39 is 0 Å². The first-order valence-electron chi connectivity index (χ1n) is 9.94. The third-order valence-electron chi connectivity index (χ3n) is 6.11. The standard InChI is InChI=1S/C23H22FN3O2/c1-26-14-16(13-25-26)29-20-10-3-2-7-17(20)22(28)27-15-23(11-4-5-12-23)21-18(24)8-6-9-19(21)27/h2-3,6-10,13-14H,4-5,11-12,15H2,1H3. The number of benzene rings is 2. The number of anilines is 1. The van der Waals surface area contributed by atoms with Gasteiger partial charge in [0, 0.05) is 24.6 Å². The molecule has 0 N–H and O–H groups in total. The molecular formula is C23H22FN3O2. The average Bonchev–Trinajstić information content (AvgIpc) is 3.43. The fourth-order valence-corrected chi connectivity index (χ4v) is 4.83. The lowest BCUT2D eigenvalue weighted by molar-refractivity contribution is 0.0982. The Morgan fingerprint density at radius 3 is 2.69 bits per heavy atom. The van der Waals surface area contributed by atoms with Gasteiger partial charge in [-0.3, -0.25) is 9.48 Å². The quantitative estimate of drug-likeness (QED) is 0.643. The molecule has 2 aromatic carbocycles. The Bertz CT molecular complexity index is 1090. The minimum atomic E-state index is -0.268. The zero-order chi connectivity index (χ0) is 20.0. The second-order valence-electron chi connectivity index (χ2n) is 7.96. The summed E-state index contributed by atoms with van der Waals surface area (Å²) in [4.78, 5) is 15.3. The molecule has 6 heteroatoms. The van der Waals surface area contributed by atoms with E-state index in [0.717, 1.165) is 25.7 Å². The number of hydrogen-bond acceptors (Lipinski definition) is 3. The zero-order valence-electron chi connectivity index (χ0n) is 16.3. The molecule has 148 valence electrons. The number of nitrogens with zero attached hydrogens (tertiary/aromatic N) is 3. The van der Waals surface area contributed by atoms with Crippen LogP contribution in [0.5, 0.6) is 11.5 Å². The van der Waals surface area contributed by atoms with Gasteiger partial charge in [0.25, 0.3) is 5.91 Å². The number of carbonyl (C=O) groups excluding carboxylic acids is 1. The van der Waals surface area contributed by atoms with Crippen LogP contribution in [0, 0.1) is 5.82 Å². The third-order valence-corrected chi connectivity index (χ3v) is 6.11. The molecule has 1 spiro atoms. The zero-order valence-corrected chi connectivity index (χ0v) is 16.3. The minimum Gasteiger partial charge on any atom is -0.453 e. The van der Waals surface area contributed by atoms with E-state index in [0.29, 0.717) is 34.9 Å². The molecule has 1 aromatic heterocycles. The van der Waals surface area contributed by atoms with Gasteiger partial charge in [-0.05, 0) is 37.1 Å². The summed E-state index contributed by atoms with van der Waals surface area (Å²) in [7, 11) is 1.81. The molecule has 2 aliphatic rings. The van der Waals surface area contributed by atoms with Crippen LogP contribution in [0.4, 0.5) is 10.1 Å². The molecule has 1 aliphatic carbocycles. The van der Waals surface area contributed by atoms with E-state index in [1.165, 1.54) is 6.07 Å². The number of rotatable bonds is 3. The number of carbonyl (C=O) groups is 1. The number of amides is 1. The van der Waals surface area contributed by atoms with E-state index in [2.05, 4.69) is 5.10 Å². The van der Waals surface area contributed by atoms with Gasteiger partial charge in [-0.15, -0.1) is 0 Å². The maximum absolute atomic E-state index is 14.8. The van der Waals surface area contributed by atoms with Gasteiger partial charge in [0.1, 0.15) is 11.6 Å². The normalized spacial score (nSPS) is 17.0. The molecule has 0 saturated heterocycles. The fraction of sp³-hybridized carbons (Fsp3) is 0.304. The van der Waals surface area contributed by atoms with Crippen LogP contribution in [-0.2, 0) is 12.5 Å². The van der Waals surface area contributed by atoms with Crippen molar-refractivity contribution in [1.82, 2.24) is 9.78 Å². The Kier molecular flexibility index (Phi) is 4.15. The summed E-state index contributed by atoms with van der Waals surface area (Å²) in [6.07, 6.45) is 7.31. The molecule has 2 heterocycles. The van der Waals surface area contributed by atoms with Gasteiger partial charge in [-0.2, -0.15) is 5.10 Å². The highest BCUT2D eigenvalue weighted by atomic mass is 19.1. The second-order valence-corrected chi connectivity index (χ2v) is 7.96. The summed E-state index contributed by atoms with van der Waals surface area (Å²) in [6, 6.07) is 12.2. The topological polar surface area (TPSA) is 47.4 Å². The van der Waals surface area contributed by atoms with Gasteiger partial charge >= 0.3 is 0 Å². The number of para-hydroxylation sites is 1. The van der Waals surface area contributed by atoms with Crippen LogP contribution in [0.1, 0.15) is 41.6 Å². The Balaban J connectivity index is 1.53. The van der Waals surface area contributed by atoms with Gasteiger partial charge in [-0.25, -0.2) is 4.39 Å². The van der Waals surface area contributed by atoms with Crippen LogP contribution in [-0.4, -0.2) is 22.2 Å². The Labute approximate surface area is 168 Å².